The molecule has 0 rings (SSSR count). The standard InChI is InChI=1S/C7H16O4/c1-7(6-10,2-3-8)11-5-4-9/h8-10H,2-6H2,1H3. The Kier molecular flexibility index (Phi) is 5.41. The molecular formula is C7H16O4. The van der Waals surface area contributed by atoms with Crippen LogP contribution in [-0.4, -0.2) is 47.3 Å². The molecule has 0 spiro atoms. The molecule has 3 N–H and O–H groups in total. The molecule has 0 radical (unpaired) electrons. The van der Waals surface area contributed by atoms with E-state index < -0.39 is 5.60 Å². The quantitative estimate of drug-likeness (QED) is 0.477. The zero-order valence-corrected chi connectivity index (χ0v) is 6.79. The predicted octanol–water partition coefficient (Wildman–Crippen LogP) is -0.871. The molecule has 0 saturated heterocycles. The van der Waals surface area contributed by atoms with Crippen molar-refractivity contribution in [2.75, 3.05) is 26.4 Å². The number of hydrogen-bond donors (Lipinski definition) is 3. The third kappa shape index (κ3) is 4.31. The summed E-state index contributed by atoms with van der Waals surface area (Å²) in [5.41, 5.74) is -0.711. The lowest BCUT2D eigenvalue weighted by atomic mass is 10.0. The fourth-order valence-electron chi connectivity index (χ4n) is 0.725. The van der Waals surface area contributed by atoms with Gasteiger partial charge in [0, 0.05) is 13.0 Å². The molecule has 1 atom stereocenters. The van der Waals surface area contributed by atoms with Gasteiger partial charge in [-0.1, -0.05) is 0 Å². The first-order valence-corrected chi connectivity index (χ1v) is 3.65. The molecule has 1 unspecified atom stereocenters. The van der Waals surface area contributed by atoms with Gasteiger partial charge in [-0.2, -0.15) is 0 Å². The molecule has 68 valence electrons. The maximum Gasteiger partial charge on any atom is 0.0907 e. The first-order chi connectivity index (χ1) is 5.18. The van der Waals surface area contributed by atoms with Gasteiger partial charge in [0.25, 0.3) is 0 Å². The monoisotopic (exact) mass is 164 g/mol. The highest BCUT2D eigenvalue weighted by molar-refractivity contribution is 4.73. The molecule has 4 nitrogen and oxygen atoms in total. The summed E-state index contributed by atoms with van der Waals surface area (Å²) in [6.07, 6.45) is 0.378. The molecule has 0 amide bonds. The molecule has 0 aliphatic carbocycles. The van der Waals surface area contributed by atoms with E-state index in [-0.39, 0.29) is 26.4 Å². The average molecular weight is 164 g/mol. The van der Waals surface area contributed by atoms with E-state index in [0.717, 1.165) is 0 Å². The number of rotatable bonds is 6. The second-order valence-corrected chi connectivity index (χ2v) is 2.65. The number of aliphatic hydroxyl groups excluding tert-OH is 3. The largest absolute Gasteiger partial charge is 0.396 e. The zero-order chi connectivity index (χ0) is 8.74. The highest BCUT2D eigenvalue weighted by Crippen LogP contribution is 2.13. The van der Waals surface area contributed by atoms with Crippen molar-refractivity contribution in [1.82, 2.24) is 0 Å². The predicted molar refractivity (Wildman–Crippen MR) is 40.2 cm³/mol. The van der Waals surface area contributed by atoms with Crippen molar-refractivity contribution < 1.29 is 20.1 Å². The van der Waals surface area contributed by atoms with Crippen LogP contribution < -0.4 is 0 Å². The average Bonchev–Trinajstić information content (AvgIpc) is 2.02. The summed E-state index contributed by atoms with van der Waals surface area (Å²) in [7, 11) is 0. The van der Waals surface area contributed by atoms with E-state index in [1.807, 2.05) is 0 Å². The first-order valence-electron chi connectivity index (χ1n) is 3.65. The summed E-state index contributed by atoms with van der Waals surface area (Å²) >= 11 is 0. The second-order valence-electron chi connectivity index (χ2n) is 2.65. The minimum absolute atomic E-state index is 0.0253. The maximum absolute atomic E-state index is 8.83. The third-order valence-electron chi connectivity index (χ3n) is 1.52. The van der Waals surface area contributed by atoms with Gasteiger partial charge in [0.05, 0.1) is 25.4 Å². The van der Waals surface area contributed by atoms with Crippen LogP contribution in [0.2, 0.25) is 0 Å². The van der Waals surface area contributed by atoms with Gasteiger partial charge in [-0.25, -0.2) is 0 Å². The fraction of sp³-hybridized carbons (Fsp3) is 1.00. The second kappa shape index (κ2) is 5.49. The van der Waals surface area contributed by atoms with Crippen molar-refractivity contribution in [1.29, 1.82) is 0 Å². The minimum atomic E-state index is -0.711. The van der Waals surface area contributed by atoms with Crippen molar-refractivity contribution in [2.45, 2.75) is 18.9 Å². The molecule has 0 aliphatic heterocycles. The van der Waals surface area contributed by atoms with Gasteiger partial charge < -0.3 is 20.1 Å². The van der Waals surface area contributed by atoms with Crippen molar-refractivity contribution >= 4 is 0 Å². The fourth-order valence-corrected chi connectivity index (χ4v) is 0.725. The summed E-state index contributed by atoms with van der Waals surface area (Å²) in [6, 6.07) is 0. The van der Waals surface area contributed by atoms with Crippen LogP contribution in [0.1, 0.15) is 13.3 Å². The minimum Gasteiger partial charge on any atom is -0.396 e. The molecule has 0 aromatic heterocycles. The topological polar surface area (TPSA) is 69.9 Å². The zero-order valence-electron chi connectivity index (χ0n) is 6.79. The lowest BCUT2D eigenvalue weighted by Gasteiger charge is -2.26. The summed E-state index contributed by atoms with van der Waals surface area (Å²) in [5, 5.41) is 25.8. The Bertz CT molecular complexity index is 96.4. The van der Waals surface area contributed by atoms with Crippen LogP contribution in [0.4, 0.5) is 0 Å². The van der Waals surface area contributed by atoms with Gasteiger partial charge in [0.2, 0.25) is 0 Å². The van der Waals surface area contributed by atoms with E-state index >= 15 is 0 Å². The molecule has 0 fully saturated rings. The van der Waals surface area contributed by atoms with E-state index in [2.05, 4.69) is 0 Å². The van der Waals surface area contributed by atoms with Gasteiger partial charge in [-0.3, -0.25) is 0 Å². The highest BCUT2D eigenvalue weighted by Gasteiger charge is 2.22. The Balaban J connectivity index is 3.68. The van der Waals surface area contributed by atoms with Crippen LogP contribution in [0.15, 0.2) is 0 Å². The molecule has 0 aromatic carbocycles. The summed E-state index contributed by atoms with van der Waals surface area (Å²) in [6.45, 7) is 1.65. The van der Waals surface area contributed by atoms with Crippen LogP contribution in [-0.2, 0) is 4.74 Å². The van der Waals surface area contributed by atoms with Crippen LogP contribution in [0.25, 0.3) is 0 Å². The Morgan fingerprint density at radius 2 is 1.82 bits per heavy atom. The molecule has 11 heavy (non-hydrogen) atoms. The molecule has 0 saturated carbocycles. The van der Waals surface area contributed by atoms with Crippen LogP contribution in [0, 0.1) is 0 Å². The van der Waals surface area contributed by atoms with E-state index in [1.165, 1.54) is 0 Å². The molecule has 4 heteroatoms. The van der Waals surface area contributed by atoms with E-state index in [9.17, 15) is 0 Å². The van der Waals surface area contributed by atoms with Gasteiger partial charge >= 0.3 is 0 Å². The molecular weight excluding hydrogens is 148 g/mol. The summed E-state index contributed by atoms with van der Waals surface area (Å²) in [4.78, 5) is 0. The molecule has 0 heterocycles. The lowest BCUT2D eigenvalue weighted by Crippen LogP contribution is -2.35. The van der Waals surface area contributed by atoms with Crippen molar-refractivity contribution in [3.63, 3.8) is 0 Å². The third-order valence-corrected chi connectivity index (χ3v) is 1.52. The van der Waals surface area contributed by atoms with Gasteiger partial charge in [0.15, 0.2) is 0 Å². The van der Waals surface area contributed by atoms with E-state index in [0.29, 0.717) is 6.42 Å². The normalized spacial score (nSPS) is 16.4. The smallest absolute Gasteiger partial charge is 0.0907 e. The van der Waals surface area contributed by atoms with Gasteiger partial charge in [-0.05, 0) is 6.92 Å². The Morgan fingerprint density at radius 1 is 1.18 bits per heavy atom. The van der Waals surface area contributed by atoms with Gasteiger partial charge in [0.1, 0.15) is 0 Å². The van der Waals surface area contributed by atoms with Crippen molar-refractivity contribution in [3.05, 3.63) is 0 Å². The Morgan fingerprint density at radius 3 is 2.18 bits per heavy atom. The van der Waals surface area contributed by atoms with Gasteiger partial charge in [-0.15, -0.1) is 0 Å². The van der Waals surface area contributed by atoms with Crippen molar-refractivity contribution in [2.24, 2.45) is 0 Å². The SMILES string of the molecule is CC(CO)(CCO)OCCO. The maximum atomic E-state index is 8.83. The molecule has 0 bridgehead atoms. The molecule has 0 aromatic rings. The highest BCUT2D eigenvalue weighted by atomic mass is 16.5. The number of ether oxygens (including phenoxy) is 1. The summed E-state index contributed by atoms with van der Waals surface area (Å²) in [5.74, 6) is 0. The van der Waals surface area contributed by atoms with E-state index in [4.69, 9.17) is 20.1 Å². The number of aliphatic hydroxyl groups is 3. The summed E-state index contributed by atoms with van der Waals surface area (Å²) < 4.78 is 5.11. The van der Waals surface area contributed by atoms with Crippen LogP contribution >= 0.6 is 0 Å². The van der Waals surface area contributed by atoms with Crippen molar-refractivity contribution in [3.8, 4) is 0 Å². The van der Waals surface area contributed by atoms with E-state index in [1.54, 1.807) is 6.92 Å². The van der Waals surface area contributed by atoms with Crippen LogP contribution in [0.5, 0.6) is 0 Å². The Hall–Kier alpha value is -0.160. The number of hydrogen-bond acceptors (Lipinski definition) is 4. The van der Waals surface area contributed by atoms with Crippen LogP contribution in [0.3, 0.4) is 0 Å². The molecule has 0 aliphatic rings. The first kappa shape index (κ1) is 10.8. The lowest BCUT2D eigenvalue weighted by molar-refractivity contribution is -0.0874. The Labute approximate surface area is 66.4 Å².